The summed E-state index contributed by atoms with van der Waals surface area (Å²) in [7, 11) is 0. The normalized spacial score (nSPS) is 48.9. The Morgan fingerprint density at radius 2 is 1.96 bits per heavy atom. The summed E-state index contributed by atoms with van der Waals surface area (Å²) in [6.07, 6.45) is 4.54. The molecule has 0 saturated heterocycles. The zero-order chi connectivity index (χ0) is 19.8. The second-order valence-electron chi connectivity index (χ2n) is 9.31. The van der Waals surface area contributed by atoms with Crippen LogP contribution in [0, 0.1) is 28.6 Å². The van der Waals surface area contributed by atoms with Gasteiger partial charge in [-0.15, -0.1) is 0 Å². The van der Waals surface area contributed by atoms with E-state index in [2.05, 4.69) is 0 Å². The van der Waals surface area contributed by atoms with Gasteiger partial charge in [0.05, 0.1) is 11.5 Å². The average molecular weight is 376 g/mol. The van der Waals surface area contributed by atoms with E-state index in [0.717, 1.165) is 12.0 Å². The number of aliphatic hydroxyl groups excluding tert-OH is 3. The van der Waals surface area contributed by atoms with E-state index in [0.29, 0.717) is 12.8 Å². The molecule has 4 aliphatic rings. The van der Waals surface area contributed by atoms with Crippen LogP contribution in [-0.2, 0) is 9.59 Å². The van der Waals surface area contributed by atoms with E-state index >= 15 is 0 Å². The minimum absolute atomic E-state index is 0.00189. The third-order valence-electron chi connectivity index (χ3n) is 8.42. The fraction of sp³-hybridized carbons (Fsp3) is 0.714. The van der Waals surface area contributed by atoms with Crippen LogP contribution >= 0.6 is 0 Å². The largest absolute Gasteiger partial charge is 0.511 e. The molecule has 27 heavy (non-hydrogen) atoms. The van der Waals surface area contributed by atoms with Gasteiger partial charge in [0.25, 0.3) is 0 Å². The van der Waals surface area contributed by atoms with E-state index in [1.54, 1.807) is 6.08 Å². The quantitative estimate of drug-likeness (QED) is 0.580. The molecule has 3 fully saturated rings. The summed E-state index contributed by atoms with van der Waals surface area (Å²) in [5, 5.41) is 42.4. The maximum Gasteiger partial charge on any atom is 0.190 e. The number of allylic oxidation sites excluding steroid dienone is 3. The maximum absolute atomic E-state index is 12.4. The Balaban J connectivity index is 1.77. The molecular weight excluding hydrogens is 348 g/mol. The Labute approximate surface area is 158 Å². The van der Waals surface area contributed by atoms with Crippen LogP contribution in [0.2, 0.25) is 0 Å². The van der Waals surface area contributed by atoms with Crippen molar-refractivity contribution in [3.63, 3.8) is 0 Å². The second kappa shape index (κ2) is 5.75. The van der Waals surface area contributed by atoms with Crippen molar-refractivity contribution >= 4 is 11.6 Å². The number of Topliss-reactive ketones (excluding diaryl/α,β-unsaturated/α-hetero) is 1. The van der Waals surface area contributed by atoms with Gasteiger partial charge in [-0.2, -0.15) is 0 Å². The summed E-state index contributed by atoms with van der Waals surface area (Å²) in [5.74, 6) is -1.04. The summed E-state index contributed by atoms with van der Waals surface area (Å²) in [6.45, 7) is 3.03. The van der Waals surface area contributed by atoms with Gasteiger partial charge >= 0.3 is 0 Å². The van der Waals surface area contributed by atoms with E-state index in [1.165, 1.54) is 6.08 Å². The first-order chi connectivity index (χ1) is 12.6. The monoisotopic (exact) mass is 376 g/mol. The highest BCUT2D eigenvalue weighted by Crippen LogP contribution is 2.67. The smallest absolute Gasteiger partial charge is 0.190 e. The van der Waals surface area contributed by atoms with Crippen LogP contribution in [0.4, 0.5) is 0 Å². The number of hydrogen-bond donors (Lipinski definition) is 4. The van der Waals surface area contributed by atoms with Crippen LogP contribution in [-0.4, -0.2) is 50.3 Å². The molecule has 0 aromatic heterocycles. The highest BCUT2D eigenvalue weighted by Gasteiger charge is 2.68. The topological polar surface area (TPSA) is 115 Å². The highest BCUT2D eigenvalue weighted by molar-refractivity contribution is 6.01. The molecule has 148 valence electrons. The molecule has 0 bridgehead atoms. The fourth-order valence-corrected chi connectivity index (χ4v) is 7.01. The first kappa shape index (κ1) is 18.8. The van der Waals surface area contributed by atoms with Gasteiger partial charge in [-0.25, -0.2) is 0 Å². The van der Waals surface area contributed by atoms with Crippen molar-refractivity contribution < 1.29 is 30.0 Å². The molecule has 4 N–H and O–H groups in total. The lowest BCUT2D eigenvalue weighted by molar-refractivity contribution is -0.180. The van der Waals surface area contributed by atoms with Crippen molar-refractivity contribution in [2.45, 2.75) is 57.7 Å². The molecule has 0 aromatic rings. The molecule has 0 spiro atoms. The lowest BCUT2D eigenvalue weighted by Gasteiger charge is -2.59. The van der Waals surface area contributed by atoms with E-state index < -0.39 is 34.9 Å². The van der Waals surface area contributed by atoms with E-state index in [4.69, 9.17) is 0 Å². The third-order valence-corrected chi connectivity index (χ3v) is 8.42. The number of aliphatic hydroxyl groups is 4. The average Bonchev–Trinajstić information content (AvgIpc) is 2.87. The van der Waals surface area contributed by atoms with Gasteiger partial charge in [-0.1, -0.05) is 12.5 Å². The SMILES string of the molecule is C[C@]12C(O)=CC(=O)C=C1CC[C@@H]1[C@@H]2C(O)C[C@@]2(C)[C@H]1CC[C@]2(O)C(=O)CO. The highest BCUT2D eigenvalue weighted by atomic mass is 16.3. The summed E-state index contributed by atoms with van der Waals surface area (Å²) in [4.78, 5) is 24.2. The third kappa shape index (κ3) is 2.18. The van der Waals surface area contributed by atoms with Crippen LogP contribution in [0.25, 0.3) is 0 Å². The Hall–Kier alpha value is -1.50. The fourth-order valence-electron chi connectivity index (χ4n) is 7.01. The number of rotatable bonds is 2. The number of hydrogen-bond acceptors (Lipinski definition) is 6. The molecule has 4 aliphatic carbocycles. The molecule has 6 heteroatoms. The van der Waals surface area contributed by atoms with Gasteiger partial charge in [-0.3, -0.25) is 9.59 Å². The molecule has 1 unspecified atom stereocenters. The molecule has 0 heterocycles. The maximum atomic E-state index is 12.4. The van der Waals surface area contributed by atoms with E-state index in [1.807, 2.05) is 13.8 Å². The first-order valence-electron chi connectivity index (χ1n) is 9.80. The van der Waals surface area contributed by atoms with Crippen molar-refractivity contribution in [3.8, 4) is 0 Å². The first-order valence-corrected chi connectivity index (χ1v) is 9.80. The number of carbonyl (C=O) groups is 2. The summed E-state index contributed by atoms with van der Waals surface area (Å²) in [5.41, 5.74) is -2.37. The molecule has 0 amide bonds. The molecule has 7 atom stereocenters. The van der Waals surface area contributed by atoms with Gasteiger partial charge in [0, 0.05) is 17.4 Å². The Bertz CT molecular complexity index is 769. The molecule has 0 radical (unpaired) electrons. The lowest BCUT2D eigenvalue weighted by Crippen LogP contribution is -2.62. The summed E-state index contributed by atoms with van der Waals surface area (Å²) < 4.78 is 0. The molecule has 0 aromatic carbocycles. The minimum atomic E-state index is -1.63. The van der Waals surface area contributed by atoms with Crippen molar-refractivity contribution in [2.24, 2.45) is 28.6 Å². The number of carbonyl (C=O) groups excluding carboxylic acids is 2. The predicted octanol–water partition coefficient (Wildman–Crippen LogP) is 1.44. The number of ketones is 2. The van der Waals surface area contributed by atoms with Crippen LogP contribution in [0.15, 0.2) is 23.5 Å². The van der Waals surface area contributed by atoms with Crippen LogP contribution < -0.4 is 0 Å². The number of fused-ring (bicyclic) bond motifs is 5. The predicted molar refractivity (Wildman–Crippen MR) is 96.6 cm³/mol. The standard InChI is InChI=1S/C21H28O6/c1-19-9-15(24)18-13(14(19)5-6-21(19,27)17(26)10-22)4-3-11-7-12(23)8-16(25)20(11,18)2/h7-8,13-15,18,22,24-25,27H,3-6,9-10H2,1-2H3/t13-,14-,15?,18+,19-,20+,21-/m0/s1. The van der Waals surface area contributed by atoms with Crippen LogP contribution in [0.1, 0.15) is 46.0 Å². The van der Waals surface area contributed by atoms with Gasteiger partial charge in [-0.05, 0) is 56.9 Å². The zero-order valence-electron chi connectivity index (χ0n) is 15.8. The molecule has 6 nitrogen and oxygen atoms in total. The summed E-state index contributed by atoms with van der Waals surface area (Å²) in [6, 6.07) is 0. The second-order valence-corrected chi connectivity index (χ2v) is 9.31. The van der Waals surface area contributed by atoms with Crippen molar-refractivity contribution in [1.82, 2.24) is 0 Å². The summed E-state index contributed by atoms with van der Waals surface area (Å²) >= 11 is 0. The Morgan fingerprint density at radius 1 is 1.26 bits per heavy atom. The minimum Gasteiger partial charge on any atom is -0.511 e. The molecule has 0 aliphatic heterocycles. The molecule has 4 rings (SSSR count). The lowest BCUT2D eigenvalue weighted by atomic mass is 9.46. The Kier molecular flexibility index (Phi) is 4.01. The van der Waals surface area contributed by atoms with Crippen molar-refractivity contribution in [3.05, 3.63) is 23.5 Å². The van der Waals surface area contributed by atoms with Crippen LogP contribution in [0.3, 0.4) is 0 Å². The van der Waals surface area contributed by atoms with E-state index in [9.17, 15) is 30.0 Å². The molecule has 3 saturated carbocycles. The van der Waals surface area contributed by atoms with E-state index in [-0.39, 0.29) is 42.1 Å². The molecular formula is C21H28O6. The van der Waals surface area contributed by atoms with Gasteiger partial charge in [0.15, 0.2) is 11.6 Å². The van der Waals surface area contributed by atoms with Crippen molar-refractivity contribution in [2.75, 3.05) is 6.61 Å². The Morgan fingerprint density at radius 3 is 2.63 bits per heavy atom. The zero-order valence-corrected chi connectivity index (χ0v) is 15.8. The van der Waals surface area contributed by atoms with Gasteiger partial charge in [0.2, 0.25) is 0 Å². The van der Waals surface area contributed by atoms with Gasteiger partial charge < -0.3 is 20.4 Å². The van der Waals surface area contributed by atoms with Crippen molar-refractivity contribution in [1.29, 1.82) is 0 Å². The van der Waals surface area contributed by atoms with Gasteiger partial charge in [0.1, 0.15) is 18.0 Å². The van der Waals surface area contributed by atoms with Crippen LogP contribution in [0.5, 0.6) is 0 Å².